The van der Waals surface area contributed by atoms with Crippen LogP contribution in [-0.2, 0) is 16.6 Å². The average molecular weight is 306 g/mol. The van der Waals surface area contributed by atoms with Gasteiger partial charge < -0.3 is 0 Å². The molecule has 16 heavy (non-hydrogen) atoms. The number of nitrogens with zero attached hydrogens (tertiary/aromatic N) is 1. The predicted molar refractivity (Wildman–Crippen MR) is 69.7 cm³/mol. The molecule has 90 valence electrons. The summed E-state index contributed by atoms with van der Waals surface area (Å²) in [6, 6.07) is 7.63. The molecular formula is C11H16BrNO2S. The van der Waals surface area contributed by atoms with Crippen molar-refractivity contribution >= 4 is 26.0 Å². The van der Waals surface area contributed by atoms with Gasteiger partial charge in [-0.05, 0) is 25.5 Å². The molecule has 0 aliphatic carbocycles. The van der Waals surface area contributed by atoms with Crippen LogP contribution in [0.3, 0.4) is 0 Å². The van der Waals surface area contributed by atoms with E-state index in [4.69, 9.17) is 0 Å². The van der Waals surface area contributed by atoms with Gasteiger partial charge in [0.1, 0.15) is 0 Å². The summed E-state index contributed by atoms with van der Waals surface area (Å²) in [7, 11) is -1.57. The Morgan fingerprint density at radius 1 is 1.31 bits per heavy atom. The van der Waals surface area contributed by atoms with Crippen molar-refractivity contribution in [3.8, 4) is 0 Å². The second-order valence-corrected chi connectivity index (χ2v) is 7.39. The molecule has 0 aliphatic heterocycles. The third kappa shape index (κ3) is 3.06. The third-order valence-corrected chi connectivity index (χ3v) is 5.34. The van der Waals surface area contributed by atoms with Crippen molar-refractivity contribution in [2.45, 2.75) is 25.6 Å². The molecule has 0 N–H and O–H groups in total. The molecule has 0 amide bonds. The van der Waals surface area contributed by atoms with Gasteiger partial charge in [0.05, 0.1) is 5.25 Å². The fraction of sp³-hybridized carbons (Fsp3) is 0.455. The standard InChI is InChI=1S/C11H16BrNO2S/c1-9(2)16(14,15)13(3)8-10-6-4-5-7-11(10)12/h4-7,9H,8H2,1-3H3. The first kappa shape index (κ1) is 13.7. The van der Waals surface area contributed by atoms with E-state index in [2.05, 4.69) is 15.9 Å². The minimum atomic E-state index is -3.18. The maximum atomic E-state index is 11.9. The van der Waals surface area contributed by atoms with Crippen LogP contribution in [0.5, 0.6) is 0 Å². The Hall–Kier alpha value is -0.390. The molecule has 0 spiro atoms. The summed E-state index contributed by atoms with van der Waals surface area (Å²) in [5.74, 6) is 0. The molecule has 5 heteroatoms. The Kier molecular flexibility index (Phi) is 4.52. The van der Waals surface area contributed by atoms with Crippen LogP contribution in [-0.4, -0.2) is 25.0 Å². The number of rotatable bonds is 4. The van der Waals surface area contributed by atoms with Crippen LogP contribution in [0.1, 0.15) is 19.4 Å². The van der Waals surface area contributed by atoms with Crippen LogP contribution in [0.2, 0.25) is 0 Å². The van der Waals surface area contributed by atoms with Crippen LogP contribution < -0.4 is 0 Å². The highest BCUT2D eigenvalue weighted by atomic mass is 79.9. The number of halogens is 1. The lowest BCUT2D eigenvalue weighted by Gasteiger charge is -2.20. The maximum Gasteiger partial charge on any atom is 0.216 e. The molecule has 0 atom stereocenters. The summed E-state index contributed by atoms with van der Waals surface area (Å²) in [4.78, 5) is 0. The van der Waals surface area contributed by atoms with E-state index in [0.29, 0.717) is 6.54 Å². The Morgan fingerprint density at radius 2 is 1.88 bits per heavy atom. The zero-order valence-corrected chi connectivity index (χ0v) is 12.0. The van der Waals surface area contributed by atoms with Crippen LogP contribution in [0.25, 0.3) is 0 Å². The van der Waals surface area contributed by atoms with Gasteiger partial charge in [0, 0.05) is 18.1 Å². The van der Waals surface area contributed by atoms with Crippen molar-refractivity contribution in [2.24, 2.45) is 0 Å². The topological polar surface area (TPSA) is 37.4 Å². The van der Waals surface area contributed by atoms with E-state index in [-0.39, 0.29) is 5.25 Å². The van der Waals surface area contributed by atoms with Crippen molar-refractivity contribution in [2.75, 3.05) is 7.05 Å². The molecule has 0 saturated heterocycles. The molecular weight excluding hydrogens is 290 g/mol. The predicted octanol–water partition coefficient (Wildman–Crippen LogP) is 2.62. The van der Waals surface area contributed by atoms with Crippen molar-refractivity contribution in [3.63, 3.8) is 0 Å². The molecule has 1 aromatic carbocycles. The SMILES string of the molecule is CC(C)S(=O)(=O)N(C)Cc1ccccc1Br. The van der Waals surface area contributed by atoms with E-state index < -0.39 is 10.0 Å². The summed E-state index contributed by atoms with van der Waals surface area (Å²) in [5, 5.41) is -0.389. The van der Waals surface area contributed by atoms with Gasteiger partial charge in [0.15, 0.2) is 0 Å². The molecule has 0 aromatic heterocycles. The van der Waals surface area contributed by atoms with Crippen LogP contribution in [0, 0.1) is 0 Å². The molecule has 1 rings (SSSR count). The van der Waals surface area contributed by atoms with Gasteiger partial charge in [0.2, 0.25) is 10.0 Å². The summed E-state index contributed by atoms with van der Waals surface area (Å²) in [6.07, 6.45) is 0. The molecule has 0 radical (unpaired) electrons. The average Bonchev–Trinajstić information content (AvgIpc) is 2.21. The zero-order valence-electron chi connectivity index (χ0n) is 9.64. The van der Waals surface area contributed by atoms with Gasteiger partial charge in [-0.3, -0.25) is 0 Å². The van der Waals surface area contributed by atoms with Gasteiger partial charge >= 0.3 is 0 Å². The van der Waals surface area contributed by atoms with Gasteiger partial charge in [-0.15, -0.1) is 0 Å². The normalized spacial score (nSPS) is 12.4. The molecule has 0 bridgehead atoms. The quantitative estimate of drug-likeness (QED) is 0.857. The monoisotopic (exact) mass is 305 g/mol. The highest BCUT2D eigenvalue weighted by molar-refractivity contribution is 9.10. The Labute approximate surface area is 106 Å². The molecule has 3 nitrogen and oxygen atoms in total. The molecule has 0 saturated carbocycles. The van der Waals surface area contributed by atoms with E-state index in [1.54, 1.807) is 20.9 Å². The summed E-state index contributed by atoms with van der Waals surface area (Å²) < 4.78 is 26.0. The van der Waals surface area contributed by atoms with Crippen LogP contribution in [0.4, 0.5) is 0 Å². The van der Waals surface area contributed by atoms with E-state index in [1.165, 1.54) is 4.31 Å². The molecule has 0 aliphatic rings. The first-order valence-electron chi connectivity index (χ1n) is 5.04. The fourth-order valence-electron chi connectivity index (χ4n) is 1.32. The minimum absolute atomic E-state index is 0.389. The summed E-state index contributed by atoms with van der Waals surface area (Å²) >= 11 is 3.41. The lowest BCUT2D eigenvalue weighted by atomic mass is 10.2. The Bertz CT molecular complexity index is 457. The smallest absolute Gasteiger partial charge is 0.212 e. The Balaban J connectivity index is 2.88. The largest absolute Gasteiger partial charge is 0.216 e. The van der Waals surface area contributed by atoms with Crippen LogP contribution in [0.15, 0.2) is 28.7 Å². The highest BCUT2D eigenvalue weighted by Gasteiger charge is 2.22. The van der Waals surface area contributed by atoms with Crippen molar-refractivity contribution in [3.05, 3.63) is 34.3 Å². The molecule has 0 fully saturated rings. The van der Waals surface area contributed by atoms with E-state index in [9.17, 15) is 8.42 Å². The van der Waals surface area contributed by atoms with Crippen molar-refractivity contribution in [1.29, 1.82) is 0 Å². The number of benzene rings is 1. The lowest BCUT2D eigenvalue weighted by molar-refractivity contribution is 0.459. The van der Waals surface area contributed by atoms with Crippen LogP contribution >= 0.6 is 15.9 Å². The van der Waals surface area contributed by atoms with Gasteiger partial charge in [-0.1, -0.05) is 34.1 Å². The number of hydrogen-bond acceptors (Lipinski definition) is 2. The Morgan fingerprint density at radius 3 is 2.38 bits per heavy atom. The first-order chi connectivity index (χ1) is 7.35. The first-order valence-corrected chi connectivity index (χ1v) is 7.34. The number of sulfonamides is 1. The van der Waals surface area contributed by atoms with Gasteiger partial charge in [-0.25, -0.2) is 12.7 Å². The van der Waals surface area contributed by atoms with E-state index in [1.807, 2.05) is 24.3 Å². The maximum absolute atomic E-state index is 11.9. The summed E-state index contributed by atoms with van der Waals surface area (Å²) in [6.45, 7) is 3.76. The minimum Gasteiger partial charge on any atom is -0.212 e. The lowest BCUT2D eigenvalue weighted by Crippen LogP contribution is -2.32. The second kappa shape index (κ2) is 5.29. The van der Waals surface area contributed by atoms with E-state index in [0.717, 1.165) is 10.0 Å². The van der Waals surface area contributed by atoms with Crippen molar-refractivity contribution in [1.82, 2.24) is 4.31 Å². The van der Waals surface area contributed by atoms with E-state index >= 15 is 0 Å². The zero-order chi connectivity index (χ0) is 12.3. The summed E-state index contributed by atoms with van der Waals surface area (Å²) in [5.41, 5.74) is 0.967. The third-order valence-electron chi connectivity index (χ3n) is 2.38. The van der Waals surface area contributed by atoms with Gasteiger partial charge in [-0.2, -0.15) is 0 Å². The fourth-order valence-corrected chi connectivity index (χ4v) is 2.77. The highest BCUT2D eigenvalue weighted by Crippen LogP contribution is 2.19. The molecule has 0 heterocycles. The molecule has 0 unspecified atom stereocenters. The number of hydrogen-bond donors (Lipinski definition) is 0. The van der Waals surface area contributed by atoms with Crippen molar-refractivity contribution < 1.29 is 8.42 Å². The molecule has 1 aromatic rings. The van der Waals surface area contributed by atoms with Gasteiger partial charge in [0.25, 0.3) is 0 Å². The second-order valence-electron chi connectivity index (χ2n) is 3.94.